The Morgan fingerprint density at radius 2 is 2.00 bits per heavy atom. The summed E-state index contributed by atoms with van der Waals surface area (Å²) in [5.74, 6) is -2.26. The first kappa shape index (κ1) is 16.7. The summed E-state index contributed by atoms with van der Waals surface area (Å²) in [4.78, 5) is 14.3. The van der Waals surface area contributed by atoms with Crippen LogP contribution in [0.25, 0.3) is 0 Å². The highest BCUT2D eigenvalue weighted by Gasteiger charge is 2.55. The topological polar surface area (TPSA) is 38.8 Å². The monoisotopic (exact) mass is 343 g/mol. The van der Waals surface area contributed by atoms with Crippen LogP contribution in [0.5, 0.6) is 0 Å². The van der Waals surface area contributed by atoms with Gasteiger partial charge in [0.2, 0.25) is 11.8 Å². The zero-order valence-corrected chi connectivity index (χ0v) is 14.1. The van der Waals surface area contributed by atoms with Gasteiger partial charge in [-0.2, -0.15) is 0 Å². The second-order valence-electron chi connectivity index (χ2n) is 8.42. The molecule has 4 aliphatic rings. The molecular weight excluding hydrogens is 316 g/mol. The van der Waals surface area contributed by atoms with Gasteiger partial charge >= 0.3 is 0 Å². The summed E-state index contributed by atoms with van der Waals surface area (Å²) in [6, 6.07) is 0. The molecule has 2 saturated carbocycles. The Labute approximate surface area is 141 Å². The molecule has 0 bridgehead atoms. The van der Waals surface area contributed by atoms with E-state index in [1.807, 2.05) is 0 Å². The van der Waals surface area contributed by atoms with E-state index in [9.17, 15) is 13.6 Å². The average Bonchev–Trinajstić information content (AvgIpc) is 3.19. The lowest BCUT2D eigenvalue weighted by Crippen LogP contribution is -2.47. The molecule has 4 nitrogen and oxygen atoms in total. The lowest BCUT2D eigenvalue weighted by Gasteiger charge is -2.36. The molecule has 0 N–H and O–H groups in total. The maximum Gasteiger partial charge on any atom is 0.249 e. The van der Waals surface area contributed by atoms with Crippen molar-refractivity contribution in [2.45, 2.75) is 44.4 Å². The van der Waals surface area contributed by atoms with Gasteiger partial charge in [0.15, 0.2) is 0 Å². The third kappa shape index (κ3) is 3.07. The molecule has 0 aromatic heterocycles. The van der Waals surface area contributed by atoms with E-state index in [4.69, 9.17) is 9.47 Å². The highest BCUT2D eigenvalue weighted by Crippen LogP contribution is 2.46. The standard InChI is InChI=1S/C18H27F2NO3/c19-18(20)5-14(6-18)16(22)21-7-15-9-24-12-17(15,10-21)11-23-8-13-3-1-2-4-13/h13-15H,1-12H2/t15-,17-/m1/s1. The van der Waals surface area contributed by atoms with Crippen molar-refractivity contribution in [3.8, 4) is 0 Å². The van der Waals surface area contributed by atoms with Gasteiger partial charge in [0.1, 0.15) is 0 Å². The molecule has 136 valence electrons. The number of amides is 1. The van der Waals surface area contributed by atoms with Crippen LogP contribution >= 0.6 is 0 Å². The van der Waals surface area contributed by atoms with E-state index in [0.717, 1.165) is 6.61 Å². The molecule has 0 radical (unpaired) electrons. The Balaban J connectivity index is 1.32. The van der Waals surface area contributed by atoms with Gasteiger partial charge in [0.25, 0.3) is 0 Å². The third-order valence-corrected chi connectivity index (χ3v) is 6.49. The number of halogens is 2. The van der Waals surface area contributed by atoms with Gasteiger partial charge in [-0.05, 0) is 18.8 Å². The second-order valence-corrected chi connectivity index (χ2v) is 8.42. The minimum atomic E-state index is -2.64. The molecule has 0 spiro atoms. The normalized spacial score (nSPS) is 36.1. The number of ether oxygens (including phenoxy) is 2. The lowest BCUT2D eigenvalue weighted by atomic mass is 9.80. The predicted octanol–water partition coefficient (Wildman–Crippen LogP) is 2.71. The van der Waals surface area contributed by atoms with E-state index in [1.165, 1.54) is 25.7 Å². The summed E-state index contributed by atoms with van der Waals surface area (Å²) in [6.07, 6.45) is 4.56. The van der Waals surface area contributed by atoms with Gasteiger partial charge in [-0.15, -0.1) is 0 Å². The molecule has 4 rings (SSSR count). The first-order valence-corrected chi connectivity index (χ1v) is 9.30. The summed E-state index contributed by atoms with van der Waals surface area (Å²) in [7, 11) is 0. The van der Waals surface area contributed by atoms with E-state index in [0.29, 0.717) is 38.8 Å². The molecular formula is C18H27F2NO3. The third-order valence-electron chi connectivity index (χ3n) is 6.49. The van der Waals surface area contributed by atoms with Crippen molar-refractivity contribution >= 4 is 5.91 Å². The van der Waals surface area contributed by atoms with Crippen molar-refractivity contribution in [3.63, 3.8) is 0 Å². The van der Waals surface area contributed by atoms with Gasteiger partial charge in [-0.3, -0.25) is 4.79 Å². The van der Waals surface area contributed by atoms with Crippen LogP contribution in [0.1, 0.15) is 38.5 Å². The van der Waals surface area contributed by atoms with E-state index in [1.54, 1.807) is 4.90 Å². The SMILES string of the molecule is O=C(C1CC(F)(F)C1)N1C[C@@H]2COC[C@]2(COCC2CCCC2)C1. The number of rotatable bonds is 5. The van der Waals surface area contributed by atoms with Gasteiger partial charge in [0.05, 0.1) is 19.8 Å². The van der Waals surface area contributed by atoms with Crippen LogP contribution in [-0.2, 0) is 14.3 Å². The number of carbonyl (C=O) groups is 1. The zero-order valence-electron chi connectivity index (χ0n) is 14.1. The summed E-state index contributed by atoms with van der Waals surface area (Å²) in [5, 5.41) is 0. The Hall–Kier alpha value is -0.750. The Bertz CT molecular complexity index is 487. The Morgan fingerprint density at radius 1 is 1.25 bits per heavy atom. The maximum absolute atomic E-state index is 13.0. The number of carbonyl (C=O) groups excluding carboxylic acids is 1. The smallest absolute Gasteiger partial charge is 0.249 e. The van der Waals surface area contributed by atoms with Gasteiger partial charge in [-0.25, -0.2) is 8.78 Å². The minimum Gasteiger partial charge on any atom is -0.380 e. The lowest BCUT2D eigenvalue weighted by molar-refractivity contribution is -0.159. The molecule has 1 amide bonds. The summed E-state index contributed by atoms with van der Waals surface area (Å²) in [6.45, 7) is 3.93. The molecule has 0 unspecified atom stereocenters. The number of alkyl halides is 2. The van der Waals surface area contributed by atoms with E-state index in [-0.39, 0.29) is 30.1 Å². The van der Waals surface area contributed by atoms with Gasteiger partial charge in [0, 0.05) is 49.8 Å². The Kier molecular flexibility index (Phi) is 4.32. The first-order chi connectivity index (χ1) is 11.5. The van der Waals surface area contributed by atoms with Crippen LogP contribution in [-0.4, -0.2) is 56.2 Å². The fraction of sp³-hybridized carbons (Fsp3) is 0.944. The van der Waals surface area contributed by atoms with E-state index < -0.39 is 11.8 Å². The zero-order chi connectivity index (χ0) is 16.8. The second kappa shape index (κ2) is 6.20. The largest absolute Gasteiger partial charge is 0.380 e. The van der Waals surface area contributed by atoms with E-state index >= 15 is 0 Å². The van der Waals surface area contributed by atoms with Crippen LogP contribution in [0.4, 0.5) is 8.78 Å². The van der Waals surface area contributed by atoms with Crippen molar-refractivity contribution in [3.05, 3.63) is 0 Å². The molecule has 2 aliphatic carbocycles. The van der Waals surface area contributed by atoms with Crippen molar-refractivity contribution in [1.82, 2.24) is 4.90 Å². The predicted molar refractivity (Wildman–Crippen MR) is 83.8 cm³/mol. The fourth-order valence-electron chi connectivity index (χ4n) is 4.90. The van der Waals surface area contributed by atoms with Crippen LogP contribution < -0.4 is 0 Å². The maximum atomic E-state index is 13.0. The van der Waals surface area contributed by atoms with Crippen LogP contribution in [0.15, 0.2) is 0 Å². The van der Waals surface area contributed by atoms with Gasteiger partial charge in [-0.1, -0.05) is 12.8 Å². The van der Waals surface area contributed by atoms with Crippen LogP contribution in [0.3, 0.4) is 0 Å². The summed E-state index contributed by atoms with van der Waals surface area (Å²) in [5.41, 5.74) is -0.124. The molecule has 0 aromatic carbocycles. The van der Waals surface area contributed by atoms with Crippen molar-refractivity contribution in [1.29, 1.82) is 0 Å². The fourth-order valence-corrected chi connectivity index (χ4v) is 4.90. The van der Waals surface area contributed by atoms with Crippen molar-refractivity contribution in [2.24, 2.45) is 23.2 Å². The van der Waals surface area contributed by atoms with Crippen LogP contribution in [0.2, 0.25) is 0 Å². The molecule has 4 fully saturated rings. The minimum absolute atomic E-state index is 0.0921. The van der Waals surface area contributed by atoms with Crippen molar-refractivity contribution in [2.75, 3.05) is 39.5 Å². The number of fused-ring (bicyclic) bond motifs is 1. The highest BCUT2D eigenvalue weighted by atomic mass is 19.3. The Morgan fingerprint density at radius 3 is 2.71 bits per heavy atom. The average molecular weight is 343 g/mol. The molecule has 2 saturated heterocycles. The highest BCUT2D eigenvalue weighted by molar-refractivity contribution is 5.80. The first-order valence-electron chi connectivity index (χ1n) is 9.30. The quantitative estimate of drug-likeness (QED) is 0.770. The molecule has 2 heterocycles. The van der Waals surface area contributed by atoms with E-state index in [2.05, 4.69) is 0 Å². The molecule has 6 heteroatoms. The van der Waals surface area contributed by atoms with Crippen LogP contribution in [0, 0.1) is 23.2 Å². The molecule has 2 aliphatic heterocycles. The molecule has 24 heavy (non-hydrogen) atoms. The van der Waals surface area contributed by atoms with Crippen molar-refractivity contribution < 1.29 is 23.0 Å². The molecule has 0 aromatic rings. The number of hydrogen-bond donors (Lipinski definition) is 0. The number of hydrogen-bond acceptors (Lipinski definition) is 3. The summed E-state index contributed by atoms with van der Waals surface area (Å²) < 4.78 is 37.8. The summed E-state index contributed by atoms with van der Waals surface area (Å²) >= 11 is 0. The number of nitrogens with zero attached hydrogens (tertiary/aromatic N) is 1. The van der Waals surface area contributed by atoms with Gasteiger partial charge < -0.3 is 14.4 Å². The molecule has 2 atom stereocenters. The number of likely N-dealkylation sites (tertiary alicyclic amines) is 1.